The first-order valence-corrected chi connectivity index (χ1v) is 12.3. The van der Waals surface area contributed by atoms with Gasteiger partial charge in [0.15, 0.2) is 5.78 Å². The topological polar surface area (TPSA) is 114 Å². The summed E-state index contributed by atoms with van der Waals surface area (Å²) in [6.07, 6.45) is 4.71. The Balaban J connectivity index is 1.52. The van der Waals surface area contributed by atoms with Gasteiger partial charge < -0.3 is 15.7 Å². The number of nitrogens with two attached hydrogens (primary N) is 1. The Morgan fingerprint density at radius 3 is 2.37 bits per heavy atom. The molecule has 1 aromatic heterocycles. The number of aromatic nitrogens is 1. The van der Waals surface area contributed by atoms with Gasteiger partial charge in [0.2, 0.25) is 5.91 Å². The van der Waals surface area contributed by atoms with E-state index >= 15 is 0 Å². The smallest absolute Gasteiger partial charge is 0.337 e. The van der Waals surface area contributed by atoms with Gasteiger partial charge in [-0.1, -0.05) is 30.3 Å². The van der Waals surface area contributed by atoms with E-state index in [1.54, 1.807) is 11.0 Å². The average molecular weight is 482 g/mol. The van der Waals surface area contributed by atoms with Crippen LogP contribution in [0.15, 0.2) is 48.7 Å². The van der Waals surface area contributed by atoms with Crippen LogP contribution >= 0.6 is 0 Å². The van der Waals surface area contributed by atoms with Gasteiger partial charge in [-0.15, -0.1) is 0 Å². The number of rotatable bonds is 8. The van der Waals surface area contributed by atoms with Crippen LogP contribution in [0, 0.1) is 11.8 Å². The van der Waals surface area contributed by atoms with Gasteiger partial charge in [-0.05, 0) is 55.7 Å². The van der Waals surface area contributed by atoms with Crippen LogP contribution in [-0.2, 0) is 16.0 Å². The Hall–Kier alpha value is -3.13. The number of nitrogens with zero attached hydrogens (tertiary/aromatic N) is 2. The van der Waals surface area contributed by atoms with E-state index in [2.05, 4.69) is 4.98 Å². The number of alkyl halides is 1. The second-order valence-corrected chi connectivity index (χ2v) is 9.70. The number of likely N-dealkylation sites (tertiary alicyclic amines) is 1. The zero-order chi connectivity index (χ0) is 24.9. The molecule has 2 aliphatic rings. The normalized spacial score (nSPS) is 25.3. The molecule has 2 aromatic rings. The molecule has 0 spiro atoms. The Bertz CT molecular complexity index is 1040. The van der Waals surface area contributed by atoms with Gasteiger partial charge in [0.25, 0.3) is 0 Å². The summed E-state index contributed by atoms with van der Waals surface area (Å²) in [7, 11) is 0. The monoisotopic (exact) mass is 481 g/mol. The highest BCUT2D eigenvalue weighted by atomic mass is 19.1. The fraction of sp³-hybridized carbons (Fsp3) is 0.481. The maximum absolute atomic E-state index is 13.6. The minimum atomic E-state index is -1.07. The number of halogens is 1. The van der Waals surface area contributed by atoms with Crippen LogP contribution in [0.1, 0.15) is 59.6 Å². The lowest BCUT2D eigenvalue weighted by molar-refractivity contribution is -0.142. The van der Waals surface area contributed by atoms with Gasteiger partial charge in [0.1, 0.15) is 6.67 Å². The van der Waals surface area contributed by atoms with Crippen LogP contribution in [0.25, 0.3) is 0 Å². The van der Waals surface area contributed by atoms with Crippen molar-refractivity contribution < 1.29 is 23.9 Å². The highest BCUT2D eigenvalue weighted by molar-refractivity contribution is 5.92. The number of carboxylic acids is 1. The number of hydrogen-bond acceptors (Lipinski definition) is 5. The average Bonchev–Trinajstić information content (AvgIpc) is 3.34. The predicted octanol–water partition coefficient (Wildman–Crippen LogP) is 3.38. The first-order chi connectivity index (χ1) is 16.9. The molecular weight excluding hydrogens is 449 g/mol. The number of carbonyl (C=O) groups excluding carboxylic acids is 2. The summed E-state index contributed by atoms with van der Waals surface area (Å²) in [6.45, 7) is -0.0453. The van der Waals surface area contributed by atoms with Crippen molar-refractivity contribution in [1.82, 2.24) is 9.88 Å². The molecule has 1 aliphatic carbocycles. The lowest BCUT2D eigenvalue weighted by Gasteiger charge is -2.35. The van der Waals surface area contributed by atoms with Crippen molar-refractivity contribution in [3.05, 3.63) is 65.5 Å². The number of benzene rings is 1. The molecule has 1 amide bonds. The summed E-state index contributed by atoms with van der Waals surface area (Å²) in [5.74, 6) is -1.39. The Kier molecular flexibility index (Phi) is 7.90. The van der Waals surface area contributed by atoms with Crippen molar-refractivity contribution in [3.63, 3.8) is 0 Å². The zero-order valence-electron chi connectivity index (χ0n) is 19.7. The lowest BCUT2D eigenvalue weighted by atomic mass is 9.78. The standard InChI is InChI=1S/C27H32FN3O4/c28-15-23(29)18-6-8-19(9-7-18)26(33)31-13-12-22(17-4-2-1-3-5-17)25(31)24(32)14-21-11-10-20(16-30-21)27(34)35/h1-5,10-11,16,18-19,22-23,25H,6-9,12-15,29H2,(H,34,35)/t18?,19?,22-,23?,25+/m1/s1. The van der Waals surface area contributed by atoms with Crippen LogP contribution in [0.4, 0.5) is 4.39 Å². The third-order valence-corrected chi connectivity index (χ3v) is 7.57. The van der Waals surface area contributed by atoms with Crippen molar-refractivity contribution in [3.8, 4) is 0 Å². The van der Waals surface area contributed by atoms with Gasteiger partial charge >= 0.3 is 5.97 Å². The third-order valence-electron chi connectivity index (χ3n) is 7.57. The molecule has 0 radical (unpaired) electrons. The fourth-order valence-electron chi connectivity index (χ4n) is 5.58. The molecule has 35 heavy (non-hydrogen) atoms. The van der Waals surface area contributed by atoms with Gasteiger partial charge in [-0.3, -0.25) is 14.6 Å². The molecule has 2 heterocycles. The minimum Gasteiger partial charge on any atom is -0.478 e. The third kappa shape index (κ3) is 5.59. The Labute approximate surface area is 204 Å². The molecular formula is C27H32FN3O4. The molecule has 2 fully saturated rings. The van der Waals surface area contributed by atoms with Crippen molar-refractivity contribution >= 4 is 17.7 Å². The van der Waals surface area contributed by atoms with Crippen LogP contribution < -0.4 is 5.73 Å². The first kappa shape index (κ1) is 25.0. The Morgan fingerprint density at radius 1 is 1.06 bits per heavy atom. The fourth-order valence-corrected chi connectivity index (χ4v) is 5.58. The second kappa shape index (κ2) is 11.1. The number of aromatic carboxylic acids is 1. The van der Waals surface area contributed by atoms with E-state index in [1.165, 1.54) is 12.3 Å². The highest BCUT2D eigenvalue weighted by Crippen LogP contribution is 2.38. The number of carbonyl (C=O) groups is 3. The number of ketones is 1. The first-order valence-electron chi connectivity index (χ1n) is 12.3. The van der Waals surface area contributed by atoms with Gasteiger partial charge in [-0.2, -0.15) is 0 Å². The molecule has 8 heteroatoms. The number of Topliss-reactive ketones (excluding diaryl/α,β-unsaturated/α-hetero) is 1. The molecule has 1 saturated carbocycles. The minimum absolute atomic E-state index is 0.0109. The maximum atomic E-state index is 13.6. The van der Waals surface area contributed by atoms with Crippen molar-refractivity contribution in [2.75, 3.05) is 13.2 Å². The Morgan fingerprint density at radius 2 is 1.77 bits per heavy atom. The summed E-state index contributed by atoms with van der Waals surface area (Å²) in [4.78, 5) is 44.2. The lowest BCUT2D eigenvalue weighted by Crippen LogP contribution is -2.47. The molecule has 1 aliphatic heterocycles. The van der Waals surface area contributed by atoms with Crippen LogP contribution in [0.5, 0.6) is 0 Å². The number of hydrogen-bond donors (Lipinski definition) is 2. The molecule has 4 rings (SSSR count). The molecule has 1 saturated heterocycles. The predicted molar refractivity (Wildman–Crippen MR) is 129 cm³/mol. The molecule has 3 atom stereocenters. The maximum Gasteiger partial charge on any atom is 0.337 e. The summed E-state index contributed by atoms with van der Waals surface area (Å²) in [5.41, 5.74) is 7.44. The van der Waals surface area contributed by atoms with E-state index < -0.39 is 24.7 Å². The van der Waals surface area contributed by atoms with E-state index in [0.717, 1.165) is 18.4 Å². The quantitative estimate of drug-likeness (QED) is 0.598. The van der Waals surface area contributed by atoms with E-state index in [0.29, 0.717) is 31.5 Å². The van der Waals surface area contributed by atoms with E-state index in [9.17, 15) is 18.8 Å². The van der Waals surface area contributed by atoms with Crippen molar-refractivity contribution in [1.29, 1.82) is 0 Å². The van der Waals surface area contributed by atoms with Crippen LogP contribution in [0.3, 0.4) is 0 Å². The molecule has 7 nitrogen and oxygen atoms in total. The number of pyridine rings is 1. The van der Waals surface area contributed by atoms with E-state index in [1.807, 2.05) is 30.3 Å². The van der Waals surface area contributed by atoms with Gasteiger partial charge in [0.05, 0.1) is 18.0 Å². The van der Waals surface area contributed by atoms with Crippen molar-refractivity contribution in [2.45, 2.75) is 56.5 Å². The van der Waals surface area contributed by atoms with Crippen LogP contribution in [-0.4, -0.2) is 58.0 Å². The van der Waals surface area contributed by atoms with E-state index in [-0.39, 0.29) is 41.4 Å². The number of carboxylic acid groups (broad SMARTS) is 1. The summed E-state index contributed by atoms with van der Waals surface area (Å²) >= 11 is 0. The SMILES string of the molecule is NC(CF)C1CCC(C(=O)N2CC[C@H](c3ccccc3)[C@H]2C(=O)Cc2ccc(C(=O)O)cn2)CC1. The summed E-state index contributed by atoms with van der Waals surface area (Å²) < 4.78 is 13.0. The molecule has 186 valence electrons. The molecule has 0 bridgehead atoms. The van der Waals surface area contributed by atoms with Crippen LogP contribution in [0.2, 0.25) is 0 Å². The second-order valence-electron chi connectivity index (χ2n) is 9.70. The zero-order valence-corrected chi connectivity index (χ0v) is 19.7. The van der Waals surface area contributed by atoms with Crippen molar-refractivity contribution in [2.24, 2.45) is 17.6 Å². The summed E-state index contributed by atoms with van der Waals surface area (Å²) in [6, 6.07) is 11.7. The van der Waals surface area contributed by atoms with Gasteiger partial charge in [0, 0.05) is 36.3 Å². The molecule has 1 unspecified atom stereocenters. The molecule has 1 aromatic carbocycles. The number of amides is 1. The molecule has 3 N–H and O–H groups in total. The largest absolute Gasteiger partial charge is 0.478 e. The van der Waals surface area contributed by atoms with Gasteiger partial charge in [-0.25, -0.2) is 9.18 Å². The summed E-state index contributed by atoms with van der Waals surface area (Å²) in [5, 5.41) is 9.09. The highest BCUT2D eigenvalue weighted by Gasteiger charge is 2.44. The van der Waals surface area contributed by atoms with E-state index in [4.69, 9.17) is 10.8 Å².